The van der Waals surface area contributed by atoms with Crippen molar-refractivity contribution in [1.82, 2.24) is 4.90 Å². The summed E-state index contributed by atoms with van der Waals surface area (Å²) in [7, 11) is 2.31. The van der Waals surface area contributed by atoms with Gasteiger partial charge in [0.15, 0.2) is 0 Å². The van der Waals surface area contributed by atoms with E-state index >= 15 is 0 Å². The third-order valence-corrected chi connectivity index (χ3v) is 5.46. The van der Waals surface area contributed by atoms with Gasteiger partial charge in [-0.2, -0.15) is 0 Å². The summed E-state index contributed by atoms with van der Waals surface area (Å²) in [5, 5.41) is 9.68. The Hall–Kier alpha value is -1.02. The van der Waals surface area contributed by atoms with E-state index in [1.54, 1.807) is 0 Å². The molecule has 1 aromatic rings. The second-order valence-electron chi connectivity index (χ2n) is 6.87. The lowest BCUT2D eigenvalue weighted by atomic mass is 9.82. The first-order valence-electron chi connectivity index (χ1n) is 8.19. The molecule has 1 unspecified atom stereocenters. The van der Waals surface area contributed by atoms with Crippen molar-refractivity contribution in [3.8, 4) is 5.75 Å². The molecule has 0 radical (unpaired) electrons. The second-order valence-corrected chi connectivity index (χ2v) is 6.87. The van der Waals surface area contributed by atoms with Crippen molar-refractivity contribution in [2.45, 2.75) is 64.0 Å². The number of hydrogen-bond donors (Lipinski definition) is 1. The molecule has 2 aliphatic carbocycles. The Morgan fingerprint density at radius 3 is 2.60 bits per heavy atom. The zero-order valence-corrected chi connectivity index (χ0v) is 12.8. The number of rotatable bonds is 2. The topological polar surface area (TPSA) is 23.5 Å². The number of nitrogens with zero attached hydrogens (tertiary/aromatic N) is 1. The van der Waals surface area contributed by atoms with Crippen LogP contribution in [0.25, 0.3) is 0 Å². The molecule has 1 aromatic carbocycles. The molecular weight excluding hydrogens is 246 g/mol. The SMILES string of the molecule is CC1CCC(N(C)C2CCCc3cc(O)ccc32)CC1. The quantitative estimate of drug-likeness (QED) is 0.869. The number of benzene rings is 1. The van der Waals surface area contributed by atoms with E-state index < -0.39 is 0 Å². The number of fused-ring (bicyclic) bond motifs is 1. The number of aromatic hydroxyl groups is 1. The van der Waals surface area contributed by atoms with Gasteiger partial charge in [0.25, 0.3) is 0 Å². The van der Waals surface area contributed by atoms with Gasteiger partial charge in [-0.25, -0.2) is 0 Å². The molecule has 1 N–H and O–H groups in total. The van der Waals surface area contributed by atoms with Gasteiger partial charge >= 0.3 is 0 Å². The van der Waals surface area contributed by atoms with Crippen LogP contribution < -0.4 is 0 Å². The van der Waals surface area contributed by atoms with Crippen LogP contribution in [0.2, 0.25) is 0 Å². The first-order chi connectivity index (χ1) is 9.65. The van der Waals surface area contributed by atoms with Gasteiger partial charge in [0.2, 0.25) is 0 Å². The Morgan fingerprint density at radius 2 is 1.85 bits per heavy atom. The van der Waals surface area contributed by atoms with Crippen molar-refractivity contribution in [1.29, 1.82) is 0 Å². The molecule has 20 heavy (non-hydrogen) atoms. The van der Waals surface area contributed by atoms with E-state index in [2.05, 4.69) is 24.9 Å². The fraction of sp³-hybridized carbons (Fsp3) is 0.667. The molecule has 0 bridgehead atoms. The zero-order chi connectivity index (χ0) is 14.1. The Labute approximate surface area is 122 Å². The van der Waals surface area contributed by atoms with Gasteiger partial charge < -0.3 is 5.11 Å². The molecule has 0 aromatic heterocycles. The fourth-order valence-electron chi connectivity index (χ4n) is 4.10. The molecule has 0 aliphatic heterocycles. The molecule has 1 fully saturated rings. The largest absolute Gasteiger partial charge is 0.508 e. The number of phenolic OH excluding ortho intramolecular Hbond substituents is 1. The van der Waals surface area contributed by atoms with Crippen molar-refractivity contribution >= 4 is 0 Å². The van der Waals surface area contributed by atoms with E-state index in [1.807, 2.05) is 12.1 Å². The normalized spacial score (nSPS) is 30.2. The Morgan fingerprint density at radius 1 is 1.10 bits per heavy atom. The van der Waals surface area contributed by atoms with Gasteiger partial charge in [-0.3, -0.25) is 4.90 Å². The molecule has 0 amide bonds. The summed E-state index contributed by atoms with van der Waals surface area (Å²) in [6.07, 6.45) is 9.09. The molecular formula is C18H27NO. The molecule has 0 saturated heterocycles. The number of phenols is 1. The van der Waals surface area contributed by atoms with Crippen molar-refractivity contribution < 1.29 is 5.11 Å². The van der Waals surface area contributed by atoms with Crippen LogP contribution in [0.3, 0.4) is 0 Å². The summed E-state index contributed by atoms with van der Waals surface area (Å²) in [5.41, 5.74) is 2.81. The van der Waals surface area contributed by atoms with E-state index in [-0.39, 0.29) is 0 Å². The minimum absolute atomic E-state index is 0.415. The van der Waals surface area contributed by atoms with E-state index in [0.29, 0.717) is 11.8 Å². The molecule has 1 saturated carbocycles. The summed E-state index contributed by atoms with van der Waals surface area (Å²) in [6, 6.07) is 7.27. The lowest BCUT2D eigenvalue weighted by molar-refractivity contribution is 0.112. The van der Waals surface area contributed by atoms with E-state index in [1.165, 1.54) is 49.7 Å². The predicted molar refractivity (Wildman–Crippen MR) is 83.0 cm³/mol. The minimum atomic E-state index is 0.415. The molecule has 1 atom stereocenters. The lowest BCUT2D eigenvalue weighted by Gasteiger charge is -2.41. The Balaban J connectivity index is 1.78. The van der Waals surface area contributed by atoms with E-state index in [4.69, 9.17) is 0 Å². The third-order valence-electron chi connectivity index (χ3n) is 5.46. The van der Waals surface area contributed by atoms with Crippen LogP contribution in [-0.4, -0.2) is 23.1 Å². The third kappa shape index (κ3) is 2.71. The molecule has 2 heteroatoms. The van der Waals surface area contributed by atoms with Crippen LogP contribution in [0, 0.1) is 5.92 Å². The monoisotopic (exact) mass is 273 g/mol. The van der Waals surface area contributed by atoms with E-state index in [0.717, 1.165) is 18.4 Å². The van der Waals surface area contributed by atoms with Crippen LogP contribution in [0.5, 0.6) is 5.75 Å². The summed E-state index contributed by atoms with van der Waals surface area (Å²) < 4.78 is 0. The smallest absolute Gasteiger partial charge is 0.115 e. The standard InChI is InChI=1S/C18H27NO/c1-13-6-8-15(9-7-13)19(2)18-5-3-4-14-12-16(20)10-11-17(14)18/h10-13,15,18,20H,3-9H2,1-2H3. The Kier molecular flexibility index (Phi) is 4.02. The summed E-state index contributed by atoms with van der Waals surface area (Å²) in [6.45, 7) is 2.38. The zero-order valence-electron chi connectivity index (χ0n) is 12.8. The highest BCUT2D eigenvalue weighted by Crippen LogP contribution is 2.38. The maximum absolute atomic E-state index is 9.68. The number of aryl methyl sites for hydroxylation is 1. The highest BCUT2D eigenvalue weighted by molar-refractivity contribution is 5.38. The first-order valence-corrected chi connectivity index (χ1v) is 8.19. The highest BCUT2D eigenvalue weighted by atomic mass is 16.3. The van der Waals surface area contributed by atoms with Crippen molar-refractivity contribution in [3.63, 3.8) is 0 Å². The predicted octanol–water partition coefficient (Wildman–Crippen LogP) is 4.28. The minimum Gasteiger partial charge on any atom is -0.508 e. The second kappa shape index (κ2) is 5.77. The Bertz CT molecular complexity index is 462. The molecule has 2 nitrogen and oxygen atoms in total. The first kappa shape index (κ1) is 13.9. The molecule has 110 valence electrons. The molecule has 2 aliphatic rings. The summed E-state index contributed by atoms with van der Waals surface area (Å²) >= 11 is 0. The average Bonchev–Trinajstić information content (AvgIpc) is 2.46. The van der Waals surface area contributed by atoms with Crippen molar-refractivity contribution in [3.05, 3.63) is 29.3 Å². The van der Waals surface area contributed by atoms with Gasteiger partial charge in [0, 0.05) is 12.1 Å². The fourth-order valence-corrected chi connectivity index (χ4v) is 4.10. The van der Waals surface area contributed by atoms with Gasteiger partial charge in [-0.15, -0.1) is 0 Å². The van der Waals surface area contributed by atoms with Crippen LogP contribution in [0.4, 0.5) is 0 Å². The van der Waals surface area contributed by atoms with Crippen LogP contribution in [0.1, 0.15) is 62.6 Å². The lowest BCUT2D eigenvalue weighted by Crippen LogP contribution is -2.38. The summed E-state index contributed by atoms with van der Waals surface area (Å²) in [4.78, 5) is 2.63. The average molecular weight is 273 g/mol. The number of hydrogen-bond acceptors (Lipinski definition) is 2. The summed E-state index contributed by atoms with van der Waals surface area (Å²) in [5.74, 6) is 1.33. The van der Waals surface area contributed by atoms with Crippen LogP contribution in [0.15, 0.2) is 18.2 Å². The van der Waals surface area contributed by atoms with E-state index in [9.17, 15) is 5.11 Å². The van der Waals surface area contributed by atoms with Gasteiger partial charge in [0.1, 0.15) is 5.75 Å². The maximum Gasteiger partial charge on any atom is 0.115 e. The van der Waals surface area contributed by atoms with Crippen LogP contribution in [-0.2, 0) is 6.42 Å². The molecule has 0 heterocycles. The van der Waals surface area contributed by atoms with Gasteiger partial charge in [0.05, 0.1) is 0 Å². The van der Waals surface area contributed by atoms with Gasteiger partial charge in [-0.05, 0) is 81.2 Å². The maximum atomic E-state index is 9.68. The van der Waals surface area contributed by atoms with Crippen molar-refractivity contribution in [2.24, 2.45) is 5.92 Å². The molecule has 3 rings (SSSR count). The van der Waals surface area contributed by atoms with Crippen molar-refractivity contribution in [2.75, 3.05) is 7.05 Å². The highest BCUT2D eigenvalue weighted by Gasteiger charge is 2.30. The molecule has 0 spiro atoms. The van der Waals surface area contributed by atoms with Crippen LogP contribution >= 0.6 is 0 Å². The van der Waals surface area contributed by atoms with Gasteiger partial charge in [-0.1, -0.05) is 13.0 Å².